The first kappa shape index (κ1) is 13.3. The fraction of sp³-hybridized carbons (Fsp3) is 1.00. The summed E-state index contributed by atoms with van der Waals surface area (Å²) < 4.78 is 0. The van der Waals surface area contributed by atoms with Crippen molar-refractivity contribution >= 4 is 0 Å². The molecule has 100 valence electrons. The molecule has 0 aromatic rings. The highest BCUT2D eigenvalue weighted by molar-refractivity contribution is 4.90. The molecule has 3 unspecified atom stereocenters. The lowest BCUT2D eigenvalue weighted by molar-refractivity contribution is 0.143. The maximum atomic E-state index is 3.62. The Labute approximate surface area is 107 Å². The van der Waals surface area contributed by atoms with E-state index in [1.165, 1.54) is 45.3 Å². The average molecular weight is 239 g/mol. The molecule has 1 aliphatic heterocycles. The summed E-state index contributed by atoms with van der Waals surface area (Å²) in [6.07, 6.45) is 5.47. The van der Waals surface area contributed by atoms with Crippen LogP contribution in [0.3, 0.4) is 0 Å². The second-order valence-corrected chi connectivity index (χ2v) is 5.92. The summed E-state index contributed by atoms with van der Waals surface area (Å²) in [5.74, 6) is 0. The van der Waals surface area contributed by atoms with Gasteiger partial charge in [-0.2, -0.15) is 0 Å². The molecule has 1 aliphatic carbocycles. The average Bonchev–Trinajstić information content (AvgIpc) is 2.66. The van der Waals surface area contributed by atoms with Gasteiger partial charge in [0, 0.05) is 24.7 Å². The van der Waals surface area contributed by atoms with Crippen molar-refractivity contribution in [3.05, 3.63) is 0 Å². The highest BCUT2D eigenvalue weighted by atomic mass is 15.3. The van der Waals surface area contributed by atoms with Crippen LogP contribution in [0.15, 0.2) is 0 Å². The van der Waals surface area contributed by atoms with Gasteiger partial charge in [0.2, 0.25) is 0 Å². The van der Waals surface area contributed by atoms with Gasteiger partial charge in [0.1, 0.15) is 0 Å². The van der Waals surface area contributed by atoms with E-state index in [0.717, 1.165) is 24.7 Å². The van der Waals surface area contributed by atoms with E-state index in [4.69, 9.17) is 0 Å². The molecule has 2 rings (SSSR count). The molecule has 0 aromatic heterocycles. The van der Waals surface area contributed by atoms with Crippen LogP contribution in [-0.4, -0.2) is 61.2 Å². The monoisotopic (exact) mass is 239 g/mol. The van der Waals surface area contributed by atoms with Gasteiger partial charge in [-0.1, -0.05) is 6.92 Å². The van der Waals surface area contributed by atoms with Gasteiger partial charge in [0.25, 0.3) is 0 Å². The standard InChI is InChI=1S/C14H29N3/c1-4-15-13-6-7-14(10-13)17-9-5-8-16(3)11-12(17)2/h12-15H,4-11H2,1-3H3. The van der Waals surface area contributed by atoms with E-state index in [-0.39, 0.29) is 0 Å². The zero-order valence-electron chi connectivity index (χ0n) is 11.8. The molecule has 0 amide bonds. The lowest BCUT2D eigenvalue weighted by atomic mass is 10.1. The highest BCUT2D eigenvalue weighted by Crippen LogP contribution is 2.27. The van der Waals surface area contributed by atoms with E-state index in [2.05, 4.69) is 36.0 Å². The van der Waals surface area contributed by atoms with Crippen LogP contribution in [0.2, 0.25) is 0 Å². The third kappa shape index (κ3) is 3.43. The second kappa shape index (κ2) is 6.17. The number of hydrogen-bond acceptors (Lipinski definition) is 3. The smallest absolute Gasteiger partial charge is 0.0197 e. The number of rotatable bonds is 3. The molecule has 0 bridgehead atoms. The van der Waals surface area contributed by atoms with Gasteiger partial charge in [0.05, 0.1) is 0 Å². The van der Waals surface area contributed by atoms with Gasteiger partial charge in [0.15, 0.2) is 0 Å². The Morgan fingerprint density at radius 3 is 2.82 bits per heavy atom. The summed E-state index contributed by atoms with van der Waals surface area (Å²) in [5, 5.41) is 3.62. The molecule has 3 heteroatoms. The number of hydrogen-bond donors (Lipinski definition) is 1. The van der Waals surface area contributed by atoms with Crippen LogP contribution in [0.1, 0.15) is 39.5 Å². The fourth-order valence-electron chi connectivity index (χ4n) is 3.67. The van der Waals surface area contributed by atoms with Crippen molar-refractivity contribution in [1.82, 2.24) is 15.1 Å². The van der Waals surface area contributed by atoms with Crippen LogP contribution in [0.25, 0.3) is 0 Å². The highest BCUT2D eigenvalue weighted by Gasteiger charge is 2.32. The minimum absolute atomic E-state index is 0.730. The summed E-state index contributed by atoms with van der Waals surface area (Å²) in [5.41, 5.74) is 0. The molecule has 1 N–H and O–H groups in total. The third-order valence-corrected chi connectivity index (χ3v) is 4.46. The van der Waals surface area contributed by atoms with E-state index >= 15 is 0 Å². The van der Waals surface area contributed by atoms with Gasteiger partial charge < -0.3 is 10.2 Å². The van der Waals surface area contributed by atoms with E-state index in [9.17, 15) is 0 Å². The van der Waals surface area contributed by atoms with Gasteiger partial charge in [-0.3, -0.25) is 4.90 Å². The van der Waals surface area contributed by atoms with Crippen molar-refractivity contribution in [2.45, 2.75) is 57.7 Å². The van der Waals surface area contributed by atoms with Gasteiger partial charge in [-0.25, -0.2) is 0 Å². The van der Waals surface area contributed by atoms with Crippen molar-refractivity contribution in [3.63, 3.8) is 0 Å². The van der Waals surface area contributed by atoms with E-state index in [1.54, 1.807) is 0 Å². The maximum absolute atomic E-state index is 3.62. The molecule has 0 spiro atoms. The first-order valence-electron chi connectivity index (χ1n) is 7.38. The number of nitrogens with one attached hydrogen (secondary N) is 1. The first-order chi connectivity index (χ1) is 8.20. The van der Waals surface area contributed by atoms with Crippen LogP contribution in [0, 0.1) is 0 Å². The molecule has 2 aliphatic rings. The Kier molecular flexibility index (Phi) is 4.83. The van der Waals surface area contributed by atoms with Crippen molar-refractivity contribution in [2.75, 3.05) is 33.2 Å². The molecule has 0 aromatic carbocycles. The largest absolute Gasteiger partial charge is 0.314 e. The quantitative estimate of drug-likeness (QED) is 0.806. The molecule has 17 heavy (non-hydrogen) atoms. The molecule has 1 heterocycles. The van der Waals surface area contributed by atoms with Gasteiger partial charge in [-0.15, -0.1) is 0 Å². The fourth-order valence-corrected chi connectivity index (χ4v) is 3.67. The lowest BCUT2D eigenvalue weighted by Crippen LogP contribution is -2.44. The molecule has 3 nitrogen and oxygen atoms in total. The Bertz CT molecular complexity index is 232. The summed E-state index contributed by atoms with van der Waals surface area (Å²) in [6, 6.07) is 2.34. The number of nitrogens with zero attached hydrogens (tertiary/aromatic N) is 2. The van der Waals surface area contributed by atoms with Crippen LogP contribution in [0.5, 0.6) is 0 Å². The summed E-state index contributed by atoms with van der Waals surface area (Å²) in [7, 11) is 2.26. The molecule has 1 saturated heterocycles. The Morgan fingerprint density at radius 1 is 1.24 bits per heavy atom. The van der Waals surface area contributed by atoms with Crippen LogP contribution >= 0.6 is 0 Å². The Balaban J connectivity index is 1.88. The van der Waals surface area contributed by atoms with Gasteiger partial charge in [-0.05, 0) is 59.3 Å². The SMILES string of the molecule is CCNC1CCC(N2CCCN(C)CC2C)C1. The molecular formula is C14H29N3. The second-order valence-electron chi connectivity index (χ2n) is 5.92. The van der Waals surface area contributed by atoms with E-state index in [1.807, 2.05) is 0 Å². The van der Waals surface area contributed by atoms with Crippen LogP contribution in [0.4, 0.5) is 0 Å². The van der Waals surface area contributed by atoms with Crippen molar-refractivity contribution in [2.24, 2.45) is 0 Å². The predicted octanol–water partition coefficient (Wildman–Crippen LogP) is 1.54. The zero-order chi connectivity index (χ0) is 12.3. The topological polar surface area (TPSA) is 18.5 Å². The minimum Gasteiger partial charge on any atom is -0.314 e. The van der Waals surface area contributed by atoms with Gasteiger partial charge >= 0.3 is 0 Å². The minimum atomic E-state index is 0.730. The van der Waals surface area contributed by atoms with E-state index in [0.29, 0.717) is 0 Å². The molecular weight excluding hydrogens is 210 g/mol. The molecule has 0 radical (unpaired) electrons. The van der Waals surface area contributed by atoms with E-state index < -0.39 is 0 Å². The van der Waals surface area contributed by atoms with Crippen molar-refractivity contribution in [1.29, 1.82) is 0 Å². The Hall–Kier alpha value is -0.120. The summed E-state index contributed by atoms with van der Waals surface area (Å²) in [6.45, 7) is 9.55. The first-order valence-corrected chi connectivity index (χ1v) is 7.38. The zero-order valence-corrected chi connectivity index (χ0v) is 11.8. The maximum Gasteiger partial charge on any atom is 0.0197 e. The molecule has 1 saturated carbocycles. The third-order valence-electron chi connectivity index (χ3n) is 4.46. The van der Waals surface area contributed by atoms with Crippen LogP contribution < -0.4 is 5.32 Å². The summed E-state index contributed by atoms with van der Waals surface area (Å²) in [4.78, 5) is 5.27. The molecule has 3 atom stereocenters. The number of likely N-dealkylation sites (N-methyl/N-ethyl adjacent to an activating group) is 1. The predicted molar refractivity (Wildman–Crippen MR) is 73.4 cm³/mol. The van der Waals surface area contributed by atoms with Crippen molar-refractivity contribution in [3.8, 4) is 0 Å². The Morgan fingerprint density at radius 2 is 2.06 bits per heavy atom. The normalized spacial score (nSPS) is 37.2. The lowest BCUT2D eigenvalue weighted by Gasteiger charge is -2.33. The van der Waals surface area contributed by atoms with Crippen molar-refractivity contribution < 1.29 is 0 Å². The van der Waals surface area contributed by atoms with Crippen LogP contribution in [-0.2, 0) is 0 Å². The molecule has 2 fully saturated rings. The summed E-state index contributed by atoms with van der Waals surface area (Å²) >= 11 is 0.